The molecule has 0 saturated heterocycles. The Hall–Kier alpha value is -2.18. The second-order valence-corrected chi connectivity index (χ2v) is 6.56. The molecule has 2 aromatic rings. The molecule has 0 aliphatic carbocycles. The summed E-state index contributed by atoms with van der Waals surface area (Å²) in [5.74, 6) is 1.09. The summed E-state index contributed by atoms with van der Waals surface area (Å²) in [4.78, 5) is 12.3. The van der Waals surface area contributed by atoms with Crippen LogP contribution in [0.1, 0.15) is 59.0 Å². The van der Waals surface area contributed by atoms with E-state index in [1.165, 1.54) is 0 Å². The summed E-state index contributed by atoms with van der Waals surface area (Å²) in [7, 11) is 0. The summed E-state index contributed by atoms with van der Waals surface area (Å²) in [6.45, 7) is 11.9. The Kier molecular flexibility index (Phi) is 4.35. The number of nitrogens with one attached hydrogen (secondary N) is 1. The average Bonchev–Trinajstić information content (AvgIpc) is 3.00. The second-order valence-electron chi connectivity index (χ2n) is 6.56. The van der Waals surface area contributed by atoms with E-state index >= 15 is 0 Å². The average molecular weight is 305 g/mol. The number of H-pyrrole nitrogens is 1. The molecule has 2 heterocycles. The summed E-state index contributed by atoms with van der Waals surface area (Å²) in [5.41, 5.74) is 0.780. The molecule has 7 nitrogen and oxygen atoms in total. The smallest absolute Gasteiger partial charge is 0.294 e. The standard InChI is InChI=1S/C15H23N5O2/c1-7-10-13(14(21)20(18-10)9(2)3)17-16-12-8-11(22-19-12)15(4,5)6/h8-9,18H,7H2,1-6H3. The van der Waals surface area contributed by atoms with Crippen LogP contribution in [0.15, 0.2) is 25.6 Å². The Bertz CT molecular complexity index is 728. The third-order valence-corrected chi connectivity index (χ3v) is 3.32. The first-order valence-electron chi connectivity index (χ1n) is 7.46. The van der Waals surface area contributed by atoms with Crippen LogP contribution in [0.2, 0.25) is 0 Å². The molecule has 2 rings (SSSR count). The summed E-state index contributed by atoms with van der Waals surface area (Å²) < 4.78 is 6.81. The van der Waals surface area contributed by atoms with Crippen molar-refractivity contribution in [2.45, 2.75) is 59.4 Å². The molecule has 120 valence electrons. The van der Waals surface area contributed by atoms with E-state index in [1.54, 1.807) is 10.7 Å². The zero-order valence-electron chi connectivity index (χ0n) is 14.0. The molecule has 0 aliphatic heterocycles. The van der Waals surface area contributed by atoms with Crippen molar-refractivity contribution in [2.75, 3.05) is 0 Å². The van der Waals surface area contributed by atoms with E-state index in [0.29, 0.717) is 17.9 Å². The number of aromatic nitrogens is 3. The van der Waals surface area contributed by atoms with Crippen LogP contribution in [0.5, 0.6) is 0 Å². The van der Waals surface area contributed by atoms with Crippen molar-refractivity contribution >= 4 is 11.5 Å². The maximum atomic E-state index is 12.3. The van der Waals surface area contributed by atoms with Gasteiger partial charge in [-0.05, 0) is 20.3 Å². The molecule has 0 aromatic carbocycles. The van der Waals surface area contributed by atoms with Gasteiger partial charge in [-0.1, -0.05) is 32.9 Å². The first-order valence-corrected chi connectivity index (χ1v) is 7.46. The van der Waals surface area contributed by atoms with Crippen LogP contribution in [-0.2, 0) is 11.8 Å². The molecule has 0 radical (unpaired) electrons. The third kappa shape index (κ3) is 3.18. The zero-order valence-corrected chi connectivity index (χ0v) is 14.0. The van der Waals surface area contributed by atoms with Crippen molar-refractivity contribution in [1.82, 2.24) is 14.9 Å². The minimum Gasteiger partial charge on any atom is -0.359 e. The molecule has 0 amide bonds. The minimum absolute atomic E-state index is 0.0429. The molecular formula is C15H23N5O2. The van der Waals surface area contributed by atoms with Gasteiger partial charge in [0.2, 0.25) is 5.82 Å². The van der Waals surface area contributed by atoms with Gasteiger partial charge >= 0.3 is 0 Å². The van der Waals surface area contributed by atoms with Gasteiger partial charge in [-0.2, -0.15) is 0 Å². The van der Waals surface area contributed by atoms with E-state index in [0.717, 1.165) is 11.5 Å². The Labute approximate surface area is 129 Å². The Morgan fingerprint density at radius 1 is 1.36 bits per heavy atom. The molecule has 0 aliphatic rings. The molecule has 7 heteroatoms. The number of rotatable bonds is 4. The summed E-state index contributed by atoms with van der Waals surface area (Å²) in [6, 6.07) is 1.78. The van der Waals surface area contributed by atoms with E-state index in [-0.39, 0.29) is 17.0 Å². The minimum atomic E-state index is -0.171. The van der Waals surface area contributed by atoms with Gasteiger partial charge in [0.1, 0.15) is 5.76 Å². The number of hydrogen-bond acceptors (Lipinski definition) is 5. The highest BCUT2D eigenvalue weighted by Crippen LogP contribution is 2.26. The van der Waals surface area contributed by atoms with Crippen LogP contribution in [0.4, 0.5) is 11.5 Å². The van der Waals surface area contributed by atoms with Crippen LogP contribution >= 0.6 is 0 Å². The van der Waals surface area contributed by atoms with Gasteiger partial charge < -0.3 is 4.52 Å². The van der Waals surface area contributed by atoms with Crippen molar-refractivity contribution in [3.63, 3.8) is 0 Å². The second kappa shape index (κ2) is 5.90. The van der Waals surface area contributed by atoms with Crippen molar-refractivity contribution in [3.8, 4) is 0 Å². The van der Waals surface area contributed by atoms with Crippen LogP contribution in [0.25, 0.3) is 0 Å². The first kappa shape index (κ1) is 16.2. The number of nitrogens with zero attached hydrogens (tertiary/aromatic N) is 4. The topological polar surface area (TPSA) is 88.5 Å². The van der Waals surface area contributed by atoms with Gasteiger partial charge in [-0.15, -0.1) is 10.2 Å². The number of aryl methyl sites for hydroxylation is 1. The summed E-state index contributed by atoms with van der Waals surface area (Å²) >= 11 is 0. The lowest BCUT2D eigenvalue weighted by Gasteiger charge is -2.11. The quantitative estimate of drug-likeness (QED) is 0.865. The molecule has 0 spiro atoms. The van der Waals surface area contributed by atoms with E-state index in [1.807, 2.05) is 41.5 Å². The highest BCUT2D eigenvalue weighted by atomic mass is 16.5. The highest BCUT2D eigenvalue weighted by Gasteiger charge is 2.20. The molecule has 22 heavy (non-hydrogen) atoms. The lowest BCUT2D eigenvalue weighted by Crippen LogP contribution is -2.18. The van der Waals surface area contributed by atoms with Gasteiger partial charge in [0.15, 0.2) is 5.69 Å². The summed E-state index contributed by atoms with van der Waals surface area (Å²) in [5, 5.41) is 15.1. The van der Waals surface area contributed by atoms with Crippen LogP contribution in [-0.4, -0.2) is 14.9 Å². The van der Waals surface area contributed by atoms with Crippen molar-refractivity contribution < 1.29 is 4.52 Å². The molecule has 0 saturated carbocycles. The monoisotopic (exact) mass is 305 g/mol. The summed E-state index contributed by atoms with van der Waals surface area (Å²) in [6.07, 6.45) is 0.676. The van der Waals surface area contributed by atoms with Crippen molar-refractivity contribution in [2.24, 2.45) is 10.2 Å². The van der Waals surface area contributed by atoms with E-state index in [4.69, 9.17) is 4.52 Å². The normalized spacial score (nSPS) is 12.7. The lowest BCUT2D eigenvalue weighted by atomic mass is 9.93. The van der Waals surface area contributed by atoms with Gasteiger partial charge in [0.05, 0.1) is 5.69 Å². The van der Waals surface area contributed by atoms with Gasteiger partial charge in [0, 0.05) is 17.5 Å². The lowest BCUT2D eigenvalue weighted by molar-refractivity contribution is 0.330. The van der Waals surface area contributed by atoms with E-state index < -0.39 is 0 Å². The maximum absolute atomic E-state index is 12.3. The zero-order chi connectivity index (χ0) is 16.5. The fourth-order valence-corrected chi connectivity index (χ4v) is 1.97. The van der Waals surface area contributed by atoms with Crippen LogP contribution in [0.3, 0.4) is 0 Å². The Morgan fingerprint density at radius 2 is 2.05 bits per heavy atom. The molecule has 0 unspecified atom stereocenters. The number of hydrogen-bond donors (Lipinski definition) is 1. The highest BCUT2D eigenvalue weighted by molar-refractivity contribution is 5.40. The van der Waals surface area contributed by atoms with E-state index in [2.05, 4.69) is 20.5 Å². The van der Waals surface area contributed by atoms with Crippen LogP contribution in [0, 0.1) is 0 Å². The fourth-order valence-electron chi connectivity index (χ4n) is 1.97. The van der Waals surface area contributed by atoms with Gasteiger partial charge in [0.25, 0.3) is 5.56 Å². The largest absolute Gasteiger partial charge is 0.359 e. The predicted octanol–water partition coefficient (Wildman–Crippen LogP) is 4.02. The molecule has 2 aromatic heterocycles. The molecular weight excluding hydrogens is 282 g/mol. The van der Waals surface area contributed by atoms with Crippen LogP contribution < -0.4 is 5.56 Å². The molecule has 0 bridgehead atoms. The third-order valence-electron chi connectivity index (χ3n) is 3.32. The number of aromatic amines is 1. The van der Waals surface area contributed by atoms with Crippen molar-refractivity contribution in [1.29, 1.82) is 0 Å². The molecule has 0 atom stereocenters. The molecule has 0 fully saturated rings. The van der Waals surface area contributed by atoms with Crippen molar-refractivity contribution in [3.05, 3.63) is 27.9 Å². The van der Waals surface area contributed by atoms with Gasteiger partial charge in [-0.3, -0.25) is 9.89 Å². The SMILES string of the molecule is CCc1[nH]n(C(C)C)c(=O)c1N=Nc1cc(C(C)(C)C)on1. The Morgan fingerprint density at radius 3 is 2.55 bits per heavy atom. The van der Waals surface area contributed by atoms with E-state index in [9.17, 15) is 4.79 Å². The predicted molar refractivity (Wildman–Crippen MR) is 84.2 cm³/mol. The van der Waals surface area contributed by atoms with Gasteiger partial charge in [-0.25, -0.2) is 4.68 Å². The molecule has 1 N–H and O–H groups in total. The fraction of sp³-hybridized carbons (Fsp3) is 0.600. The number of azo groups is 1. The Balaban J connectivity index is 2.34. The first-order chi connectivity index (χ1) is 10.2. The maximum Gasteiger partial charge on any atom is 0.294 e.